The average Bonchev–Trinajstić information content (AvgIpc) is 3.39. The summed E-state index contributed by atoms with van der Waals surface area (Å²) >= 11 is 0. The first-order valence-corrected chi connectivity index (χ1v) is 14.5. The molecule has 0 radical (unpaired) electrons. The van der Waals surface area contributed by atoms with Crippen LogP contribution in [0.3, 0.4) is 0 Å². The van der Waals surface area contributed by atoms with Crippen LogP contribution in [0.15, 0.2) is 48.5 Å². The van der Waals surface area contributed by atoms with Gasteiger partial charge < -0.3 is 35.3 Å². The number of carboxylic acid groups (broad SMARTS) is 2. The van der Waals surface area contributed by atoms with Crippen molar-refractivity contribution in [2.75, 3.05) is 11.5 Å². The third-order valence-corrected chi connectivity index (χ3v) is 6.41. The SMILES string of the molecule is CCOc1cc(CN(c2ccc(C(=N)N)cc2)c2nc3cc(C)c(C)cc3[nH]2)c(F)c(OC(C)C)c1.O=C(O)C(F)(F)F.O=C(O)C(F)(F)F. The van der Waals surface area contributed by atoms with Crippen molar-refractivity contribution in [3.05, 3.63) is 76.6 Å². The van der Waals surface area contributed by atoms with Crippen molar-refractivity contribution in [1.29, 1.82) is 5.41 Å². The molecule has 0 aliphatic carbocycles. The maximum atomic E-state index is 15.6. The smallest absolute Gasteiger partial charge is 0.490 e. The van der Waals surface area contributed by atoms with Crippen molar-refractivity contribution in [1.82, 2.24) is 9.97 Å². The van der Waals surface area contributed by atoms with Gasteiger partial charge in [-0.3, -0.25) is 5.41 Å². The van der Waals surface area contributed by atoms with Crippen LogP contribution in [0.2, 0.25) is 0 Å². The van der Waals surface area contributed by atoms with E-state index in [1.807, 2.05) is 50.8 Å². The molecule has 1 heterocycles. The molecule has 0 aliphatic rings. The summed E-state index contributed by atoms with van der Waals surface area (Å²) in [5.41, 5.74) is 11.4. The number of alkyl halides is 6. The van der Waals surface area contributed by atoms with E-state index in [-0.39, 0.29) is 24.2 Å². The van der Waals surface area contributed by atoms with E-state index in [1.54, 1.807) is 24.3 Å². The third kappa shape index (κ3) is 11.6. The van der Waals surface area contributed by atoms with E-state index in [0.29, 0.717) is 29.4 Å². The minimum absolute atomic E-state index is 0.0197. The number of nitrogens with two attached hydrogens (primary N) is 1. The van der Waals surface area contributed by atoms with Gasteiger partial charge in [0.25, 0.3) is 0 Å². The van der Waals surface area contributed by atoms with Crippen LogP contribution in [-0.4, -0.2) is 63.0 Å². The normalized spacial score (nSPS) is 11.2. The van der Waals surface area contributed by atoms with Crippen LogP contribution in [0.5, 0.6) is 11.5 Å². The van der Waals surface area contributed by atoms with Crippen molar-refractivity contribution in [2.45, 2.75) is 59.6 Å². The standard InChI is InChI=1S/C28H32FN5O2.2C2HF3O2/c1-6-35-22-13-20(26(29)25(14-22)36-16(2)3)15-34(21-9-7-19(8-10-21)27(30)31)28-32-23-11-17(4)18(5)12-24(23)33-28;2*3-2(4,5)1(6)7/h7-14,16H,6,15H2,1-5H3,(H3,30,31)(H,32,33);2*(H,6,7). The lowest BCUT2D eigenvalue weighted by Gasteiger charge is -2.24. The number of ether oxygens (including phenoxy) is 2. The first kappa shape index (κ1) is 40.6. The summed E-state index contributed by atoms with van der Waals surface area (Å²) in [5.74, 6) is -4.73. The average molecular weight is 718 g/mol. The van der Waals surface area contributed by atoms with Gasteiger partial charge in [0, 0.05) is 22.9 Å². The Hall–Kier alpha value is -5.55. The van der Waals surface area contributed by atoms with E-state index in [1.165, 1.54) is 0 Å². The molecule has 4 aromatic rings. The molecule has 0 saturated carbocycles. The fraction of sp³-hybridized carbons (Fsp3) is 0.312. The summed E-state index contributed by atoms with van der Waals surface area (Å²) in [7, 11) is 0. The van der Waals surface area contributed by atoms with Crippen LogP contribution in [-0.2, 0) is 16.1 Å². The lowest BCUT2D eigenvalue weighted by atomic mass is 10.1. The van der Waals surface area contributed by atoms with E-state index < -0.39 is 30.1 Å². The molecule has 50 heavy (non-hydrogen) atoms. The highest BCUT2D eigenvalue weighted by Gasteiger charge is 2.38. The van der Waals surface area contributed by atoms with Crippen LogP contribution < -0.4 is 20.1 Å². The van der Waals surface area contributed by atoms with Gasteiger partial charge in [0.15, 0.2) is 11.6 Å². The number of nitrogen functional groups attached to an aromatic ring is 1. The molecular formula is C32H34F7N5O6. The Bertz CT molecular complexity index is 1740. The highest BCUT2D eigenvalue weighted by Crippen LogP contribution is 2.34. The lowest BCUT2D eigenvalue weighted by molar-refractivity contribution is -0.193. The highest BCUT2D eigenvalue weighted by molar-refractivity contribution is 5.95. The van der Waals surface area contributed by atoms with Gasteiger partial charge in [-0.2, -0.15) is 26.3 Å². The molecule has 0 unspecified atom stereocenters. The van der Waals surface area contributed by atoms with E-state index >= 15 is 4.39 Å². The van der Waals surface area contributed by atoms with Crippen molar-refractivity contribution >= 4 is 40.4 Å². The molecule has 0 aliphatic heterocycles. The summed E-state index contributed by atoms with van der Waals surface area (Å²) < 4.78 is 90.6. The molecule has 0 atom stereocenters. The molecule has 272 valence electrons. The fourth-order valence-electron chi connectivity index (χ4n) is 4.00. The maximum Gasteiger partial charge on any atom is 0.490 e. The number of rotatable bonds is 9. The summed E-state index contributed by atoms with van der Waals surface area (Å²) in [6, 6.07) is 14.6. The number of aromatic amines is 1. The van der Waals surface area contributed by atoms with Crippen molar-refractivity contribution in [3.63, 3.8) is 0 Å². The van der Waals surface area contributed by atoms with Crippen LogP contribution in [0.1, 0.15) is 43.0 Å². The van der Waals surface area contributed by atoms with E-state index in [2.05, 4.69) is 18.0 Å². The maximum absolute atomic E-state index is 15.6. The van der Waals surface area contributed by atoms with Gasteiger partial charge in [0.2, 0.25) is 5.95 Å². The zero-order chi connectivity index (χ0) is 38.1. The van der Waals surface area contributed by atoms with Gasteiger partial charge in [0.05, 0.1) is 30.3 Å². The zero-order valence-corrected chi connectivity index (χ0v) is 27.3. The fourth-order valence-corrected chi connectivity index (χ4v) is 4.00. The van der Waals surface area contributed by atoms with Crippen molar-refractivity contribution in [3.8, 4) is 11.5 Å². The molecule has 0 saturated heterocycles. The second kappa shape index (κ2) is 16.7. The van der Waals surface area contributed by atoms with E-state index in [9.17, 15) is 26.3 Å². The second-order valence-electron chi connectivity index (χ2n) is 10.7. The van der Waals surface area contributed by atoms with Crippen LogP contribution in [0.25, 0.3) is 11.0 Å². The van der Waals surface area contributed by atoms with Gasteiger partial charge in [-0.25, -0.2) is 19.0 Å². The van der Waals surface area contributed by atoms with Crippen LogP contribution >= 0.6 is 0 Å². The lowest BCUT2D eigenvalue weighted by Crippen LogP contribution is -2.21. The number of anilines is 2. The highest BCUT2D eigenvalue weighted by atomic mass is 19.4. The molecule has 6 N–H and O–H groups in total. The summed E-state index contributed by atoms with van der Waals surface area (Å²) in [6.07, 6.45) is -10.4. The Morgan fingerprint density at radius 2 is 1.48 bits per heavy atom. The molecule has 3 aromatic carbocycles. The largest absolute Gasteiger partial charge is 0.494 e. The number of nitrogens with one attached hydrogen (secondary N) is 2. The summed E-state index contributed by atoms with van der Waals surface area (Å²) in [6.45, 7) is 10.3. The number of H-pyrrole nitrogens is 1. The summed E-state index contributed by atoms with van der Waals surface area (Å²) in [4.78, 5) is 27.9. The van der Waals surface area contributed by atoms with Crippen molar-refractivity contribution < 1.29 is 60.0 Å². The number of fused-ring (bicyclic) bond motifs is 1. The number of amidine groups is 1. The van der Waals surface area contributed by atoms with Crippen molar-refractivity contribution in [2.24, 2.45) is 5.73 Å². The number of hydrogen-bond acceptors (Lipinski definition) is 7. The minimum atomic E-state index is -5.08. The molecule has 11 nitrogen and oxygen atoms in total. The van der Waals surface area contributed by atoms with Crippen LogP contribution in [0, 0.1) is 25.1 Å². The number of imidazole rings is 1. The Morgan fingerprint density at radius 1 is 0.960 bits per heavy atom. The number of hydrogen-bond donors (Lipinski definition) is 5. The quantitative estimate of drug-likeness (QED) is 0.0672. The molecule has 0 bridgehead atoms. The number of aryl methyl sites for hydroxylation is 2. The molecule has 18 heteroatoms. The second-order valence-corrected chi connectivity index (χ2v) is 10.7. The van der Waals surface area contributed by atoms with Gasteiger partial charge in [-0.1, -0.05) is 0 Å². The van der Waals surface area contributed by atoms with Gasteiger partial charge in [-0.15, -0.1) is 0 Å². The molecule has 0 amide bonds. The minimum Gasteiger partial charge on any atom is -0.494 e. The third-order valence-electron chi connectivity index (χ3n) is 6.41. The number of carboxylic acids is 2. The summed E-state index contributed by atoms with van der Waals surface area (Å²) in [5, 5.41) is 22.0. The molecule has 1 aromatic heterocycles. The van der Waals surface area contributed by atoms with E-state index in [0.717, 1.165) is 27.8 Å². The predicted octanol–water partition coefficient (Wildman–Crippen LogP) is 7.39. The van der Waals surface area contributed by atoms with Gasteiger partial charge >= 0.3 is 24.3 Å². The van der Waals surface area contributed by atoms with Crippen LogP contribution in [0.4, 0.5) is 42.4 Å². The monoisotopic (exact) mass is 717 g/mol. The Kier molecular flexibility index (Phi) is 13.6. The first-order chi connectivity index (χ1) is 23.0. The van der Waals surface area contributed by atoms with Gasteiger partial charge in [-0.05, 0) is 88.2 Å². The molecular weight excluding hydrogens is 683 g/mol. The molecule has 0 spiro atoms. The predicted molar refractivity (Wildman–Crippen MR) is 170 cm³/mol. The van der Waals surface area contributed by atoms with E-state index in [4.69, 9.17) is 45.4 Å². The van der Waals surface area contributed by atoms with Gasteiger partial charge in [0.1, 0.15) is 11.6 Å². The first-order valence-electron chi connectivity index (χ1n) is 14.5. The number of aliphatic carboxylic acids is 2. The Labute approximate surface area is 280 Å². The number of benzene rings is 3. The zero-order valence-electron chi connectivity index (χ0n) is 27.3. The number of nitrogens with zero attached hydrogens (tertiary/aromatic N) is 2. The topological polar surface area (TPSA) is 175 Å². The molecule has 4 rings (SSSR count). The Morgan fingerprint density at radius 3 is 1.94 bits per heavy atom. The number of halogens is 7. The molecule has 0 fully saturated rings. The Balaban J connectivity index is 0.000000521. The number of carbonyl (C=O) groups is 2. The number of aromatic nitrogens is 2.